The predicted octanol–water partition coefficient (Wildman–Crippen LogP) is 1.09. The van der Waals surface area contributed by atoms with E-state index in [0.717, 1.165) is 7.05 Å². The first-order chi connectivity index (χ1) is 6.85. The fourth-order valence-electron chi connectivity index (χ4n) is 0.980. The van der Waals surface area contributed by atoms with Crippen LogP contribution in [0.2, 0.25) is 0 Å². The Morgan fingerprint density at radius 3 is 2.60 bits per heavy atom. The highest BCUT2D eigenvalue weighted by molar-refractivity contribution is 7.89. The van der Waals surface area contributed by atoms with E-state index in [2.05, 4.69) is 6.07 Å². The second kappa shape index (κ2) is 3.90. The monoisotopic (exact) mass is 228 g/mol. The fourth-order valence-corrected chi connectivity index (χ4v) is 2.07. The van der Waals surface area contributed by atoms with Crippen LogP contribution in [0.1, 0.15) is 5.56 Å². The summed E-state index contributed by atoms with van der Waals surface area (Å²) in [5.74, 6) is 0. The number of nitrogens with zero attached hydrogens (tertiary/aromatic N) is 1. The van der Waals surface area contributed by atoms with Gasteiger partial charge < -0.3 is 5.11 Å². The molecule has 0 saturated carbocycles. The normalized spacial score (nSPS) is 11.1. The molecule has 0 aliphatic carbocycles. The molecule has 0 heterocycles. The summed E-state index contributed by atoms with van der Waals surface area (Å²) in [6.07, 6.45) is -1.51. The molecule has 15 heavy (non-hydrogen) atoms. The van der Waals surface area contributed by atoms with E-state index in [-0.39, 0.29) is 9.20 Å². The second-order valence-electron chi connectivity index (χ2n) is 2.96. The number of rotatable bonds is 2. The van der Waals surface area contributed by atoms with Crippen LogP contribution in [0.4, 0.5) is 4.79 Å². The molecule has 1 amide bonds. The minimum absolute atomic E-state index is 0.0522. The smallest absolute Gasteiger partial charge is 0.421 e. The van der Waals surface area contributed by atoms with E-state index in [1.165, 1.54) is 18.2 Å². The topological polar surface area (TPSA) is 74.7 Å². The van der Waals surface area contributed by atoms with Crippen LogP contribution in [-0.2, 0) is 10.0 Å². The molecule has 0 saturated heterocycles. The molecule has 5 nitrogen and oxygen atoms in total. The highest BCUT2D eigenvalue weighted by atomic mass is 32.2. The van der Waals surface area contributed by atoms with Crippen molar-refractivity contribution in [2.75, 3.05) is 7.05 Å². The predicted molar refractivity (Wildman–Crippen MR) is 53.0 cm³/mol. The highest BCUT2D eigenvalue weighted by Crippen LogP contribution is 2.15. The van der Waals surface area contributed by atoms with Gasteiger partial charge in [-0.05, 0) is 30.7 Å². The summed E-state index contributed by atoms with van der Waals surface area (Å²) in [6, 6.07) is 6.90. The second-order valence-corrected chi connectivity index (χ2v) is 4.93. The van der Waals surface area contributed by atoms with Crippen LogP contribution >= 0.6 is 0 Å². The lowest BCUT2D eigenvalue weighted by Gasteiger charge is -2.13. The average molecular weight is 228 g/mol. The molecule has 0 aromatic heterocycles. The molecule has 0 aliphatic heterocycles. The van der Waals surface area contributed by atoms with E-state index in [0.29, 0.717) is 5.56 Å². The molecule has 0 atom stereocenters. The first-order valence-electron chi connectivity index (χ1n) is 4.06. The fraction of sp³-hybridized carbons (Fsp3) is 0.222. The zero-order valence-corrected chi connectivity index (χ0v) is 9.08. The van der Waals surface area contributed by atoms with E-state index < -0.39 is 16.1 Å². The Morgan fingerprint density at radius 2 is 2.13 bits per heavy atom. The van der Waals surface area contributed by atoms with Crippen LogP contribution < -0.4 is 0 Å². The van der Waals surface area contributed by atoms with Crippen molar-refractivity contribution in [2.24, 2.45) is 0 Å². The molecule has 0 unspecified atom stereocenters. The summed E-state index contributed by atoms with van der Waals surface area (Å²) in [6.45, 7) is 1.68. The zero-order chi connectivity index (χ0) is 11.6. The first kappa shape index (κ1) is 11.5. The van der Waals surface area contributed by atoms with Gasteiger partial charge in [0.1, 0.15) is 0 Å². The Balaban J connectivity index is 3.23. The number of hydrogen-bond acceptors (Lipinski definition) is 3. The van der Waals surface area contributed by atoms with Gasteiger partial charge in [0.05, 0.1) is 4.90 Å². The van der Waals surface area contributed by atoms with Crippen LogP contribution in [0, 0.1) is 13.0 Å². The zero-order valence-electron chi connectivity index (χ0n) is 8.26. The van der Waals surface area contributed by atoms with Crippen LogP contribution in [0.3, 0.4) is 0 Å². The molecule has 0 spiro atoms. The molecule has 6 heteroatoms. The van der Waals surface area contributed by atoms with E-state index >= 15 is 0 Å². The van der Waals surface area contributed by atoms with Crippen molar-refractivity contribution < 1.29 is 18.3 Å². The maximum Gasteiger partial charge on any atom is 0.421 e. The van der Waals surface area contributed by atoms with E-state index in [1.54, 1.807) is 6.92 Å². The van der Waals surface area contributed by atoms with Gasteiger partial charge in [-0.15, -0.1) is 0 Å². The molecule has 0 fully saturated rings. The molecular formula is C9H10NO4S. The summed E-state index contributed by atoms with van der Waals surface area (Å²) >= 11 is 0. The third kappa shape index (κ3) is 2.27. The highest BCUT2D eigenvalue weighted by Gasteiger charge is 2.24. The molecule has 1 aromatic carbocycles. The van der Waals surface area contributed by atoms with E-state index in [9.17, 15) is 13.2 Å². The number of hydrogen-bond donors (Lipinski definition) is 1. The van der Waals surface area contributed by atoms with Gasteiger partial charge in [-0.25, -0.2) is 17.5 Å². The Hall–Kier alpha value is -1.56. The van der Waals surface area contributed by atoms with Crippen LogP contribution in [0.15, 0.2) is 23.1 Å². The SMILES string of the molecule is Cc1[c]ccc(S(=O)(=O)N(C)C(=O)O)c1. The van der Waals surface area contributed by atoms with Crippen molar-refractivity contribution in [1.82, 2.24) is 4.31 Å². The molecule has 1 rings (SSSR count). The Kier molecular flexibility index (Phi) is 2.99. The van der Waals surface area contributed by atoms with Gasteiger partial charge >= 0.3 is 6.09 Å². The molecule has 1 N–H and O–H groups in total. The number of amides is 1. The van der Waals surface area contributed by atoms with Crippen molar-refractivity contribution in [3.8, 4) is 0 Å². The third-order valence-corrected chi connectivity index (χ3v) is 3.57. The number of aryl methyl sites for hydroxylation is 1. The quantitative estimate of drug-likeness (QED) is 0.822. The van der Waals surface area contributed by atoms with Crippen molar-refractivity contribution in [2.45, 2.75) is 11.8 Å². The number of carbonyl (C=O) groups is 1. The molecule has 0 bridgehead atoms. The molecule has 1 radical (unpaired) electrons. The molecule has 1 aromatic rings. The average Bonchev–Trinajstić information content (AvgIpc) is 2.16. The van der Waals surface area contributed by atoms with E-state index in [4.69, 9.17) is 5.11 Å². The summed E-state index contributed by atoms with van der Waals surface area (Å²) < 4.78 is 23.6. The Labute approximate surface area is 88.0 Å². The maximum atomic E-state index is 11.7. The number of carboxylic acid groups (broad SMARTS) is 1. The van der Waals surface area contributed by atoms with Gasteiger partial charge in [-0.2, -0.15) is 0 Å². The largest absolute Gasteiger partial charge is 0.464 e. The van der Waals surface area contributed by atoms with Gasteiger partial charge in [-0.1, -0.05) is 6.07 Å². The third-order valence-electron chi connectivity index (χ3n) is 1.85. The van der Waals surface area contributed by atoms with Crippen molar-refractivity contribution in [1.29, 1.82) is 0 Å². The maximum absolute atomic E-state index is 11.7. The van der Waals surface area contributed by atoms with Crippen LogP contribution in [0.5, 0.6) is 0 Å². The minimum Gasteiger partial charge on any atom is -0.464 e. The Morgan fingerprint density at radius 1 is 1.53 bits per heavy atom. The van der Waals surface area contributed by atoms with Crippen molar-refractivity contribution >= 4 is 16.1 Å². The van der Waals surface area contributed by atoms with E-state index in [1.807, 2.05) is 0 Å². The minimum atomic E-state index is -3.95. The van der Waals surface area contributed by atoms with Crippen molar-refractivity contribution in [3.63, 3.8) is 0 Å². The van der Waals surface area contributed by atoms with Crippen molar-refractivity contribution in [3.05, 3.63) is 29.8 Å². The molecular weight excluding hydrogens is 218 g/mol. The van der Waals surface area contributed by atoms with Gasteiger partial charge in [0.15, 0.2) is 0 Å². The van der Waals surface area contributed by atoms with Gasteiger partial charge in [0.25, 0.3) is 10.0 Å². The van der Waals surface area contributed by atoms with Gasteiger partial charge in [-0.3, -0.25) is 0 Å². The summed E-state index contributed by atoms with van der Waals surface area (Å²) in [5.41, 5.74) is 0.634. The number of sulfonamides is 1. The van der Waals surface area contributed by atoms with Gasteiger partial charge in [0.2, 0.25) is 0 Å². The Bertz CT molecular complexity index is 481. The lowest BCUT2D eigenvalue weighted by Crippen LogP contribution is -2.31. The summed E-state index contributed by atoms with van der Waals surface area (Å²) in [5, 5.41) is 8.59. The standard InChI is InChI=1S/C9H10NO4S/c1-7-4-3-5-8(6-7)15(13,14)10(2)9(11)12/h3,5-6H,1-2H3,(H,11,12). The lowest BCUT2D eigenvalue weighted by molar-refractivity contribution is 0.178. The molecule has 0 aliphatic rings. The molecule has 81 valence electrons. The number of benzene rings is 1. The van der Waals surface area contributed by atoms with Crippen LogP contribution in [0.25, 0.3) is 0 Å². The first-order valence-corrected chi connectivity index (χ1v) is 5.50. The summed E-state index contributed by atoms with van der Waals surface area (Å²) in [7, 11) is -2.96. The summed E-state index contributed by atoms with van der Waals surface area (Å²) in [4.78, 5) is 10.5. The van der Waals surface area contributed by atoms with Gasteiger partial charge in [0, 0.05) is 7.05 Å². The lowest BCUT2D eigenvalue weighted by atomic mass is 10.2. The van der Waals surface area contributed by atoms with Crippen LogP contribution in [-0.4, -0.2) is 31.0 Å².